The van der Waals surface area contributed by atoms with Crippen LogP contribution in [0.4, 0.5) is 5.69 Å². The van der Waals surface area contributed by atoms with Crippen molar-refractivity contribution in [1.82, 2.24) is 0 Å². The standard InChI is InChI=1S/C30H37NSi3/c1-31(2)25-16-18-26(19-17-25)32(3,4)34(7,8)33(5,6)28-21-15-24-13-12-22-10-9-11-23-14-20-27(28)30(24)29(22)23/h9-21H,1-8H3. The molecule has 0 aliphatic rings. The fourth-order valence-electron chi connectivity index (χ4n) is 5.94. The molecule has 0 bridgehead atoms. The largest absolute Gasteiger partial charge is 0.378 e. The fraction of sp³-hybridized carbons (Fsp3) is 0.267. The second-order valence-corrected chi connectivity index (χ2v) is 39.2. The number of hydrogen-bond acceptors (Lipinski definition) is 1. The Balaban J connectivity index is 1.69. The molecule has 34 heavy (non-hydrogen) atoms. The average molecular weight is 496 g/mol. The summed E-state index contributed by atoms with van der Waals surface area (Å²) in [5, 5.41) is 11.8. The van der Waals surface area contributed by atoms with Gasteiger partial charge in [0.2, 0.25) is 0 Å². The minimum absolute atomic E-state index is 1.29. The average Bonchev–Trinajstić information content (AvgIpc) is 2.82. The van der Waals surface area contributed by atoms with Crippen molar-refractivity contribution in [3.8, 4) is 0 Å². The highest BCUT2D eigenvalue weighted by atomic mass is 29.6. The molecule has 174 valence electrons. The normalized spacial score (nSPS) is 13.3. The van der Waals surface area contributed by atoms with E-state index < -0.39 is 22.3 Å². The van der Waals surface area contributed by atoms with Crippen LogP contribution in [0.25, 0.3) is 32.3 Å². The van der Waals surface area contributed by atoms with E-state index in [0.29, 0.717) is 0 Å². The first-order chi connectivity index (χ1) is 16.0. The van der Waals surface area contributed by atoms with E-state index in [2.05, 4.69) is 137 Å². The predicted octanol–water partition coefficient (Wildman–Crippen LogP) is 7.05. The molecule has 0 amide bonds. The van der Waals surface area contributed by atoms with Crippen LogP contribution in [0.1, 0.15) is 0 Å². The Kier molecular flexibility index (Phi) is 5.36. The number of anilines is 1. The maximum atomic E-state index is 2.71. The third-order valence-corrected chi connectivity index (χ3v) is 50.9. The molecule has 0 spiro atoms. The Bertz CT molecular complexity index is 1480. The van der Waals surface area contributed by atoms with Crippen LogP contribution < -0.4 is 15.3 Å². The SMILES string of the molecule is CN(C)c1ccc([Si](C)(C)[Si](C)(C)[Si](C)(C)c2ccc3ccc4cccc5ccc2c3c45)cc1. The molecule has 5 aromatic rings. The predicted molar refractivity (Wildman–Crippen MR) is 163 cm³/mol. The Labute approximate surface area is 207 Å². The van der Waals surface area contributed by atoms with Crippen molar-refractivity contribution < 1.29 is 0 Å². The molecule has 5 aromatic carbocycles. The van der Waals surface area contributed by atoms with Crippen LogP contribution in [0.2, 0.25) is 39.3 Å². The molecule has 0 aliphatic heterocycles. The van der Waals surface area contributed by atoms with Crippen LogP contribution >= 0.6 is 0 Å². The third kappa shape index (κ3) is 3.23. The van der Waals surface area contributed by atoms with Crippen LogP contribution in [0.15, 0.2) is 78.9 Å². The first-order valence-corrected chi connectivity index (χ1v) is 23.4. The van der Waals surface area contributed by atoms with Crippen molar-refractivity contribution in [3.05, 3.63) is 78.9 Å². The summed E-state index contributed by atoms with van der Waals surface area (Å²) in [6.45, 7) is 16.1. The number of nitrogens with zero attached hydrogens (tertiary/aromatic N) is 1. The van der Waals surface area contributed by atoms with E-state index in [4.69, 9.17) is 0 Å². The van der Waals surface area contributed by atoms with Crippen molar-refractivity contribution in [1.29, 1.82) is 0 Å². The number of rotatable bonds is 5. The van der Waals surface area contributed by atoms with Crippen LogP contribution in [0.5, 0.6) is 0 Å². The van der Waals surface area contributed by atoms with Crippen molar-refractivity contribution in [2.24, 2.45) is 0 Å². The molecule has 0 fully saturated rings. The van der Waals surface area contributed by atoms with Crippen molar-refractivity contribution in [2.45, 2.75) is 39.3 Å². The Morgan fingerprint density at radius 3 is 1.65 bits per heavy atom. The first-order valence-electron chi connectivity index (χ1n) is 12.4. The molecule has 4 heteroatoms. The van der Waals surface area contributed by atoms with Gasteiger partial charge >= 0.3 is 0 Å². The molecule has 0 saturated heterocycles. The highest BCUT2D eigenvalue weighted by molar-refractivity contribution is 7.73. The molecular weight excluding hydrogens is 459 g/mol. The van der Waals surface area contributed by atoms with Gasteiger partial charge in [-0.2, -0.15) is 0 Å². The molecule has 0 aromatic heterocycles. The van der Waals surface area contributed by atoms with E-state index in [9.17, 15) is 0 Å². The second-order valence-electron chi connectivity index (χ2n) is 11.8. The maximum absolute atomic E-state index is 2.71. The minimum atomic E-state index is -1.76. The summed E-state index contributed by atoms with van der Waals surface area (Å²) in [7, 11) is -0.815. The quantitative estimate of drug-likeness (QED) is 0.187. The van der Waals surface area contributed by atoms with Gasteiger partial charge in [0, 0.05) is 26.9 Å². The molecule has 0 aliphatic carbocycles. The van der Waals surface area contributed by atoms with Gasteiger partial charge in [0.1, 0.15) is 0 Å². The van der Waals surface area contributed by atoms with E-state index in [1.807, 2.05) is 0 Å². The zero-order valence-corrected chi connectivity index (χ0v) is 25.0. The number of hydrogen-bond donors (Lipinski definition) is 0. The van der Waals surface area contributed by atoms with Crippen LogP contribution in [-0.2, 0) is 0 Å². The molecule has 0 heterocycles. The van der Waals surface area contributed by atoms with Crippen molar-refractivity contribution >= 4 is 70.7 Å². The lowest BCUT2D eigenvalue weighted by Gasteiger charge is -2.49. The molecule has 1 nitrogen and oxygen atoms in total. The van der Waals surface area contributed by atoms with Gasteiger partial charge in [-0.05, 0) is 44.5 Å². The highest BCUT2D eigenvalue weighted by Crippen LogP contribution is 2.37. The highest BCUT2D eigenvalue weighted by Gasteiger charge is 2.54. The summed E-state index contributed by atoms with van der Waals surface area (Å²) in [6, 6.07) is 30.5. The molecule has 0 saturated carbocycles. The molecule has 0 N–H and O–H groups in total. The third-order valence-electron chi connectivity index (χ3n) is 9.43. The van der Waals surface area contributed by atoms with Crippen molar-refractivity contribution in [3.63, 3.8) is 0 Å². The van der Waals surface area contributed by atoms with Gasteiger partial charge in [0.25, 0.3) is 0 Å². The van der Waals surface area contributed by atoms with Gasteiger partial charge in [0.15, 0.2) is 0 Å². The summed E-state index contributed by atoms with van der Waals surface area (Å²) in [5.74, 6) is 0. The van der Waals surface area contributed by atoms with E-state index in [0.717, 1.165) is 0 Å². The smallest absolute Gasteiger partial charge is 0.0725 e. The van der Waals surface area contributed by atoms with Gasteiger partial charge in [-0.25, -0.2) is 0 Å². The van der Waals surface area contributed by atoms with Crippen LogP contribution in [0.3, 0.4) is 0 Å². The van der Waals surface area contributed by atoms with E-state index in [1.54, 1.807) is 10.4 Å². The van der Waals surface area contributed by atoms with Crippen LogP contribution in [-0.4, -0.2) is 36.4 Å². The summed E-state index contributed by atoms with van der Waals surface area (Å²) in [6.07, 6.45) is 0. The van der Waals surface area contributed by atoms with Crippen molar-refractivity contribution in [2.75, 3.05) is 19.0 Å². The Morgan fingerprint density at radius 2 is 1.06 bits per heavy atom. The van der Waals surface area contributed by atoms with E-state index >= 15 is 0 Å². The zero-order valence-electron chi connectivity index (χ0n) is 22.0. The zero-order chi connectivity index (χ0) is 24.5. The molecular formula is C30H37NSi3. The number of benzene rings is 5. The lowest BCUT2D eigenvalue weighted by molar-refractivity contribution is 1.13. The fourth-order valence-corrected chi connectivity index (χ4v) is 37.9. The summed E-state index contributed by atoms with van der Waals surface area (Å²) in [4.78, 5) is 2.20. The summed E-state index contributed by atoms with van der Waals surface area (Å²) >= 11 is 0. The van der Waals surface area contributed by atoms with Gasteiger partial charge < -0.3 is 4.90 Å². The minimum Gasteiger partial charge on any atom is -0.378 e. The van der Waals surface area contributed by atoms with E-state index in [-0.39, 0.29) is 0 Å². The van der Waals surface area contributed by atoms with Gasteiger partial charge in [0.05, 0.1) is 15.2 Å². The topological polar surface area (TPSA) is 3.24 Å². The summed E-state index contributed by atoms with van der Waals surface area (Å²) < 4.78 is 0. The lowest BCUT2D eigenvalue weighted by atomic mass is 9.94. The summed E-state index contributed by atoms with van der Waals surface area (Å²) in [5.41, 5.74) is 1.29. The Hall–Kier alpha value is -2.41. The van der Waals surface area contributed by atoms with Crippen LogP contribution in [0, 0.1) is 0 Å². The monoisotopic (exact) mass is 495 g/mol. The van der Waals surface area contributed by atoms with Gasteiger partial charge in [-0.1, -0.05) is 116 Å². The lowest BCUT2D eigenvalue weighted by Crippen LogP contribution is -2.78. The first kappa shape index (κ1) is 23.3. The molecule has 5 rings (SSSR count). The second kappa shape index (κ2) is 7.80. The molecule has 0 atom stereocenters. The van der Waals surface area contributed by atoms with Gasteiger partial charge in [-0.15, -0.1) is 0 Å². The maximum Gasteiger partial charge on any atom is 0.0725 e. The van der Waals surface area contributed by atoms with Gasteiger partial charge in [-0.3, -0.25) is 0 Å². The Morgan fingerprint density at radius 1 is 0.529 bits per heavy atom. The molecule has 0 radical (unpaired) electrons. The molecule has 0 unspecified atom stereocenters. The van der Waals surface area contributed by atoms with E-state index in [1.165, 1.54) is 38.0 Å².